The summed E-state index contributed by atoms with van der Waals surface area (Å²) in [6.07, 6.45) is 4.11. The molecule has 1 saturated heterocycles. The van der Waals surface area contributed by atoms with E-state index >= 15 is 0 Å². The monoisotopic (exact) mass is 293 g/mol. The minimum Gasteiger partial charge on any atom is -0.481 e. The lowest BCUT2D eigenvalue weighted by Crippen LogP contribution is -2.27. The van der Waals surface area contributed by atoms with E-state index in [0.29, 0.717) is 18.1 Å². The molecule has 1 amide bonds. The second kappa shape index (κ2) is 6.57. The van der Waals surface area contributed by atoms with Crippen molar-refractivity contribution in [2.24, 2.45) is 5.92 Å². The zero-order valence-electron chi connectivity index (χ0n) is 11.0. The van der Waals surface area contributed by atoms with E-state index in [1.807, 2.05) is 12.1 Å². The van der Waals surface area contributed by atoms with Crippen molar-refractivity contribution < 1.29 is 14.7 Å². The smallest absolute Gasteiger partial charge is 0.303 e. The molecule has 1 heterocycles. The van der Waals surface area contributed by atoms with Crippen molar-refractivity contribution in [2.45, 2.75) is 12.8 Å². The van der Waals surface area contributed by atoms with Crippen LogP contribution in [-0.4, -0.2) is 35.0 Å². The lowest BCUT2D eigenvalue weighted by molar-refractivity contribution is -0.138. The van der Waals surface area contributed by atoms with Crippen LogP contribution in [0.25, 0.3) is 6.08 Å². The number of rotatable bonds is 4. The van der Waals surface area contributed by atoms with Crippen LogP contribution in [0, 0.1) is 5.92 Å². The van der Waals surface area contributed by atoms with E-state index in [4.69, 9.17) is 16.7 Å². The highest BCUT2D eigenvalue weighted by Gasteiger charge is 2.26. The minimum absolute atomic E-state index is 0.0658. The number of amides is 1. The van der Waals surface area contributed by atoms with Crippen LogP contribution in [0.15, 0.2) is 30.3 Å². The Kier molecular flexibility index (Phi) is 4.79. The summed E-state index contributed by atoms with van der Waals surface area (Å²) < 4.78 is 0. The Hall–Kier alpha value is -1.81. The van der Waals surface area contributed by atoms with Gasteiger partial charge in [0.2, 0.25) is 5.91 Å². The summed E-state index contributed by atoms with van der Waals surface area (Å²) in [7, 11) is 0. The number of carbonyl (C=O) groups excluding carboxylic acids is 1. The molecule has 1 aromatic carbocycles. The zero-order chi connectivity index (χ0) is 14.5. The molecule has 0 aromatic heterocycles. The van der Waals surface area contributed by atoms with Crippen LogP contribution in [0.5, 0.6) is 0 Å². The van der Waals surface area contributed by atoms with Gasteiger partial charge in [-0.25, -0.2) is 0 Å². The average Bonchev–Trinajstić information content (AvgIpc) is 2.84. The number of carbonyl (C=O) groups is 2. The summed E-state index contributed by atoms with van der Waals surface area (Å²) >= 11 is 5.87. The Labute approximate surface area is 122 Å². The molecule has 20 heavy (non-hydrogen) atoms. The molecule has 1 atom stereocenters. The highest BCUT2D eigenvalue weighted by atomic mass is 35.5. The molecule has 0 aliphatic carbocycles. The second-order valence-corrected chi connectivity index (χ2v) is 5.36. The predicted octanol–water partition coefficient (Wildman–Crippen LogP) is 2.68. The summed E-state index contributed by atoms with van der Waals surface area (Å²) in [5.41, 5.74) is 0.868. The molecule has 0 spiro atoms. The number of hydrogen-bond acceptors (Lipinski definition) is 2. The Morgan fingerprint density at radius 2 is 2.25 bits per heavy atom. The van der Waals surface area contributed by atoms with Gasteiger partial charge in [-0.3, -0.25) is 9.59 Å². The van der Waals surface area contributed by atoms with E-state index < -0.39 is 5.97 Å². The van der Waals surface area contributed by atoms with Gasteiger partial charge in [0.15, 0.2) is 0 Å². The molecule has 1 N–H and O–H groups in total. The maximum Gasteiger partial charge on any atom is 0.303 e. The number of likely N-dealkylation sites (tertiary alicyclic amines) is 1. The number of nitrogens with zero attached hydrogens (tertiary/aromatic N) is 1. The quantitative estimate of drug-likeness (QED) is 0.868. The molecular formula is C15H16ClNO3. The van der Waals surface area contributed by atoms with Crippen molar-refractivity contribution in [1.82, 2.24) is 4.90 Å². The Balaban J connectivity index is 1.91. The standard InChI is InChI=1S/C15H16ClNO3/c16-13-3-1-2-11(8-13)4-5-14(18)17-7-6-12(10-17)9-15(19)20/h1-5,8,12H,6-7,9-10H2,(H,19,20). The summed E-state index contributed by atoms with van der Waals surface area (Å²) in [6.45, 7) is 1.14. The highest BCUT2D eigenvalue weighted by Crippen LogP contribution is 2.20. The van der Waals surface area contributed by atoms with Crippen molar-refractivity contribution in [3.63, 3.8) is 0 Å². The van der Waals surface area contributed by atoms with Gasteiger partial charge in [0.25, 0.3) is 0 Å². The van der Waals surface area contributed by atoms with Gasteiger partial charge in [0, 0.05) is 30.6 Å². The molecule has 0 bridgehead atoms. The van der Waals surface area contributed by atoms with Crippen molar-refractivity contribution in [2.75, 3.05) is 13.1 Å². The lowest BCUT2D eigenvalue weighted by atomic mass is 10.1. The minimum atomic E-state index is -0.807. The van der Waals surface area contributed by atoms with Crippen molar-refractivity contribution in [3.8, 4) is 0 Å². The summed E-state index contributed by atoms with van der Waals surface area (Å²) in [6, 6.07) is 7.25. The fraction of sp³-hybridized carbons (Fsp3) is 0.333. The van der Waals surface area contributed by atoms with Gasteiger partial charge < -0.3 is 10.0 Å². The van der Waals surface area contributed by atoms with Crippen LogP contribution in [0.2, 0.25) is 5.02 Å². The molecule has 2 rings (SSSR count). The van der Waals surface area contributed by atoms with Gasteiger partial charge in [-0.15, -0.1) is 0 Å². The lowest BCUT2D eigenvalue weighted by Gasteiger charge is -2.13. The molecule has 1 aromatic rings. The number of aliphatic carboxylic acids is 1. The molecule has 5 heteroatoms. The van der Waals surface area contributed by atoms with Crippen molar-refractivity contribution in [3.05, 3.63) is 40.9 Å². The first-order valence-electron chi connectivity index (χ1n) is 6.49. The van der Waals surface area contributed by atoms with E-state index in [1.165, 1.54) is 6.08 Å². The van der Waals surface area contributed by atoms with Gasteiger partial charge in [0.1, 0.15) is 0 Å². The number of benzene rings is 1. The van der Waals surface area contributed by atoms with E-state index in [2.05, 4.69) is 0 Å². The molecule has 4 nitrogen and oxygen atoms in total. The van der Waals surface area contributed by atoms with Crippen LogP contribution in [0.3, 0.4) is 0 Å². The third-order valence-corrected chi connectivity index (χ3v) is 3.56. The number of halogens is 1. The summed E-state index contributed by atoms with van der Waals surface area (Å²) in [5, 5.41) is 9.37. The molecule has 106 valence electrons. The molecule has 1 aliphatic heterocycles. The second-order valence-electron chi connectivity index (χ2n) is 4.93. The highest BCUT2D eigenvalue weighted by molar-refractivity contribution is 6.30. The summed E-state index contributed by atoms with van der Waals surface area (Å²) in [5.74, 6) is -0.826. The molecule has 1 fully saturated rings. The van der Waals surface area contributed by atoms with Crippen LogP contribution < -0.4 is 0 Å². The third kappa shape index (κ3) is 4.10. The summed E-state index contributed by atoms with van der Waals surface area (Å²) in [4.78, 5) is 24.3. The fourth-order valence-electron chi connectivity index (χ4n) is 2.33. The molecule has 1 unspecified atom stereocenters. The molecule has 0 saturated carbocycles. The van der Waals surface area contributed by atoms with Crippen LogP contribution in [0.1, 0.15) is 18.4 Å². The van der Waals surface area contributed by atoms with E-state index in [0.717, 1.165) is 12.0 Å². The van der Waals surface area contributed by atoms with Gasteiger partial charge >= 0.3 is 5.97 Å². The van der Waals surface area contributed by atoms with Crippen LogP contribution >= 0.6 is 11.6 Å². The Morgan fingerprint density at radius 1 is 1.45 bits per heavy atom. The van der Waals surface area contributed by atoms with Gasteiger partial charge in [-0.2, -0.15) is 0 Å². The van der Waals surface area contributed by atoms with Crippen molar-refractivity contribution >= 4 is 29.6 Å². The number of carboxylic acids is 1. The van der Waals surface area contributed by atoms with Gasteiger partial charge in [0.05, 0.1) is 0 Å². The maximum atomic E-state index is 12.0. The van der Waals surface area contributed by atoms with E-state index in [-0.39, 0.29) is 18.2 Å². The van der Waals surface area contributed by atoms with Crippen LogP contribution in [-0.2, 0) is 9.59 Å². The number of hydrogen-bond donors (Lipinski definition) is 1. The molecule has 0 radical (unpaired) electrons. The van der Waals surface area contributed by atoms with Gasteiger partial charge in [-0.05, 0) is 36.1 Å². The first-order valence-corrected chi connectivity index (χ1v) is 6.87. The Morgan fingerprint density at radius 3 is 2.95 bits per heavy atom. The van der Waals surface area contributed by atoms with E-state index in [1.54, 1.807) is 23.1 Å². The average molecular weight is 294 g/mol. The first-order chi connectivity index (χ1) is 9.54. The Bertz CT molecular complexity index is 542. The van der Waals surface area contributed by atoms with Crippen LogP contribution in [0.4, 0.5) is 0 Å². The largest absolute Gasteiger partial charge is 0.481 e. The third-order valence-electron chi connectivity index (χ3n) is 3.33. The van der Waals surface area contributed by atoms with Gasteiger partial charge in [-0.1, -0.05) is 23.7 Å². The molecule has 1 aliphatic rings. The molecular weight excluding hydrogens is 278 g/mol. The normalized spacial score (nSPS) is 18.6. The first kappa shape index (κ1) is 14.6. The van der Waals surface area contributed by atoms with E-state index in [9.17, 15) is 9.59 Å². The SMILES string of the molecule is O=C(O)CC1CCN(C(=O)C=Cc2cccc(Cl)c2)C1. The maximum absolute atomic E-state index is 12.0. The zero-order valence-corrected chi connectivity index (χ0v) is 11.7. The number of carboxylic acid groups (broad SMARTS) is 1. The fourth-order valence-corrected chi connectivity index (χ4v) is 2.53. The topological polar surface area (TPSA) is 57.6 Å². The van der Waals surface area contributed by atoms with Crippen molar-refractivity contribution in [1.29, 1.82) is 0 Å². The predicted molar refractivity (Wildman–Crippen MR) is 77.4 cm³/mol.